The molecule has 0 atom stereocenters. The zero-order valence-electron chi connectivity index (χ0n) is 8.62. The Labute approximate surface area is 103 Å². The first-order valence-electron chi connectivity index (χ1n) is 4.15. The molecule has 12 nitrogen and oxygen atoms in total. The maximum absolute atomic E-state index is 11.0. The molecule has 0 fully saturated rings. The lowest BCUT2D eigenvalue weighted by atomic mass is 10.2. The summed E-state index contributed by atoms with van der Waals surface area (Å²) in [7, 11) is -5.40. The Bertz CT molecular complexity index is 694. The molecule has 1 N–H and O–H groups in total. The van der Waals surface area contributed by atoms with E-state index < -0.39 is 46.8 Å². The van der Waals surface area contributed by atoms with Gasteiger partial charge in [0.05, 0.1) is 14.8 Å². The third-order valence-electron chi connectivity index (χ3n) is 1.92. The minimum atomic E-state index is -5.40. The highest BCUT2D eigenvalue weighted by atomic mass is 32.2. The maximum atomic E-state index is 11.0. The lowest BCUT2D eigenvalue weighted by molar-refractivity contribution is -0.427. The molecule has 1 rings (SSSR count). The van der Waals surface area contributed by atoms with Gasteiger partial charge in [-0.2, -0.15) is 8.42 Å². The van der Waals surface area contributed by atoms with Gasteiger partial charge in [-0.25, -0.2) is 0 Å². The monoisotopic (exact) mass is 293 g/mol. The van der Waals surface area contributed by atoms with Crippen LogP contribution in [0.25, 0.3) is 0 Å². The second-order valence-electron chi connectivity index (χ2n) is 3.03. The van der Waals surface area contributed by atoms with Gasteiger partial charge in [0.15, 0.2) is 0 Å². The van der Waals surface area contributed by atoms with E-state index >= 15 is 0 Å². The van der Waals surface area contributed by atoms with Crippen molar-refractivity contribution in [2.45, 2.75) is 4.90 Å². The molecule has 0 spiro atoms. The van der Waals surface area contributed by atoms with Crippen LogP contribution < -0.4 is 0 Å². The molecule has 0 bridgehead atoms. The van der Waals surface area contributed by atoms with Gasteiger partial charge in [-0.1, -0.05) is 0 Å². The topological polar surface area (TPSA) is 184 Å². The van der Waals surface area contributed by atoms with Crippen LogP contribution >= 0.6 is 0 Å². The second-order valence-corrected chi connectivity index (χ2v) is 4.39. The molecule has 13 heteroatoms. The van der Waals surface area contributed by atoms with Crippen molar-refractivity contribution in [2.75, 3.05) is 0 Å². The van der Waals surface area contributed by atoms with Crippen molar-refractivity contribution >= 4 is 27.2 Å². The number of nitrogens with zero attached hydrogens (tertiary/aromatic N) is 3. The van der Waals surface area contributed by atoms with Gasteiger partial charge in [0, 0.05) is 12.1 Å². The van der Waals surface area contributed by atoms with E-state index in [0.717, 1.165) is 0 Å². The Kier molecular flexibility index (Phi) is 3.44. The molecule has 0 aromatic heterocycles. The highest BCUT2D eigenvalue weighted by molar-refractivity contribution is 7.86. The number of nitro benzene ring substituents is 3. The molecule has 0 aliphatic heterocycles. The van der Waals surface area contributed by atoms with Gasteiger partial charge in [-0.3, -0.25) is 34.9 Å². The SMILES string of the molecule is O=[N+]([O-])c1ccc([N+](=O)[O-])c(S(=O)(=O)O)c1[N+](=O)[O-]. The summed E-state index contributed by atoms with van der Waals surface area (Å²) in [6.07, 6.45) is 0. The molecule has 0 heterocycles. The Hall–Kier alpha value is -2.67. The fraction of sp³-hybridized carbons (Fsp3) is 0. The van der Waals surface area contributed by atoms with E-state index in [9.17, 15) is 38.8 Å². The van der Waals surface area contributed by atoms with Crippen molar-refractivity contribution in [3.63, 3.8) is 0 Å². The molecule has 0 unspecified atom stereocenters. The third-order valence-corrected chi connectivity index (χ3v) is 2.84. The lowest BCUT2D eigenvalue weighted by Crippen LogP contribution is -2.09. The van der Waals surface area contributed by atoms with Crippen molar-refractivity contribution in [3.05, 3.63) is 42.5 Å². The number of nitro groups is 3. The zero-order chi connectivity index (χ0) is 15.0. The number of hydrogen-bond acceptors (Lipinski definition) is 8. The first-order valence-corrected chi connectivity index (χ1v) is 5.59. The van der Waals surface area contributed by atoms with Crippen molar-refractivity contribution in [1.82, 2.24) is 0 Å². The van der Waals surface area contributed by atoms with E-state index in [-0.39, 0.29) is 0 Å². The van der Waals surface area contributed by atoms with Crippen LogP contribution in [0.3, 0.4) is 0 Å². The Morgan fingerprint density at radius 2 is 1.32 bits per heavy atom. The second kappa shape index (κ2) is 4.54. The molecule has 0 amide bonds. The van der Waals surface area contributed by atoms with E-state index in [0.29, 0.717) is 12.1 Å². The lowest BCUT2D eigenvalue weighted by Gasteiger charge is -2.01. The minimum absolute atomic E-state index is 0.383. The Balaban J connectivity index is 4.00. The predicted molar refractivity (Wildman–Crippen MR) is 56.2 cm³/mol. The van der Waals surface area contributed by atoms with Gasteiger partial charge in [-0.05, 0) is 0 Å². The molecule has 0 aliphatic rings. The molecule has 0 saturated heterocycles. The number of benzene rings is 1. The van der Waals surface area contributed by atoms with E-state index in [1.54, 1.807) is 0 Å². The molecule has 1 aromatic rings. The van der Waals surface area contributed by atoms with Gasteiger partial charge in [-0.15, -0.1) is 0 Å². The van der Waals surface area contributed by atoms with Crippen LogP contribution in [0.4, 0.5) is 17.1 Å². The number of rotatable bonds is 4. The third kappa shape index (κ3) is 2.61. The molecule has 19 heavy (non-hydrogen) atoms. The van der Waals surface area contributed by atoms with Gasteiger partial charge in [0.1, 0.15) is 0 Å². The summed E-state index contributed by atoms with van der Waals surface area (Å²) in [4.78, 5) is 25.9. The Morgan fingerprint density at radius 1 is 0.895 bits per heavy atom. The summed E-state index contributed by atoms with van der Waals surface area (Å²) >= 11 is 0. The highest BCUT2D eigenvalue weighted by Crippen LogP contribution is 2.39. The smallest absolute Gasteiger partial charge is 0.281 e. The quantitative estimate of drug-likeness (QED) is 0.472. The van der Waals surface area contributed by atoms with Crippen LogP contribution in [0.2, 0.25) is 0 Å². The summed E-state index contributed by atoms with van der Waals surface area (Å²) < 4.78 is 30.8. The first kappa shape index (κ1) is 14.4. The van der Waals surface area contributed by atoms with Crippen molar-refractivity contribution in [2.24, 2.45) is 0 Å². The van der Waals surface area contributed by atoms with Crippen LogP contribution in [-0.2, 0) is 10.1 Å². The fourth-order valence-corrected chi connectivity index (χ4v) is 2.10. The van der Waals surface area contributed by atoms with Gasteiger partial charge >= 0.3 is 21.5 Å². The first-order chi connectivity index (χ1) is 8.57. The van der Waals surface area contributed by atoms with Crippen LogP contribution in [0.5, 0.6) is 0 Å². The van der Waals surface area contributed by atoms with E-state index in [1.165, 1.54) is 0 Å². The van der Waals surface area contributed by atoms with Crippen molar-refractivity contribution in [3.8, 4) is 0 Å². The van der Waals surface area contributed by atoms with Crippen LogP contribution in [0.1, 0.15) is 0 Å². The maximum Gasteiger partial charge on any atom is 0.374 e. The summed E-state index contributed by atoms with van der Waals surface area (Å²) in [5.74, 6) is 0. The summed E-state index contributed by atoms with van der Waals surface area (Å²) in [5, 5.41) is 31.8. The summed E-state index contributed by atoms with van der Waals surface area (Å²) in [6.45, 7) is 0. The van der Waals surface area contributed by atoms with E-state index in [1.807, 2.05) is 0 Å². The zero-order valence-corrected chi connectivity index (χ0v) is 9.43. The molecule has 1 aromatic carbocycles. The molecule has 0 saturated carbocycles. The van der Waals surface area contributed by atoms with Crippen LogP contribution in [0.15, 0.2) is 17.0 Å². The largest absolute Gasteiger partial charge is 0.374 e. The van der Waals surface area contributed by atoms with Gasteiger partial charge in [0.2, 0.25) is 0 Å². The standard InChI is InChI=1S/C6H3N3O9S/c10-7(11)3-1-2-4(8(12)13)6(19(16,17)18)5(3)9(14)15/h1-2H,(H,16,17,18). The van der Waals surface area contributed by atoms with Crippen LogP contribution in [-0.4, -0.2) is 27.7 Å². The molecule has 102 valence electrons. The summed E-state index contributed by atoms with van der Waals surface area (Å²) in [6, 6.07) is 0.791. The van der Waals surface area contributed by atoms with Crippen molar-refractivity contribution in [1.29, 1.82) is 0 Å². The minimum Gasteiger partial charge on any atom is -0.281 e. The predicted octanol–water partition coefficient (Wildman–Crippen LogP) is 0.658. The average molecular weight is 293 g/mol. The highest BCUT2D eigenvalue weighted by Gasteiger charge is 2.41. The normalized spacial score (nSPS) is 11.0. The van der Waals surface area contributed by atoms with Gasteiger partial charge in [0.25, 0.3) is 10.6 Å². The van der Waals surface area contributed by atoms with E-state index in [2.05, 4.69) is 0 Å². The molecule has 0 aliphatic carbocycles. The Morgan fingerprint density at radius 3 is 1.63 bits per heavy atom. The molecular weight excluding hydrogens is 290 g/mol. The fourth-order valence-electron chi connectivity index (χ4n) is 1.27. The molecular formula is C6H3N3O9S. The van der Waals surface area contributed by atoms with Crippen molar-refractivity contribution < 1.29 is 27.7 Å². The average Bonchev–Trinajstić information content (AvgIpc) is 2.25. The summed E-state index contributed by atoms with van der Waals surface area (Å²) in [5.41, 5.74) is -4.29. The number of hydrogen-bond donors (Lipinski definition) is 1. The van der Waals surface area contributed by atoms with E-state index in [4.69, 9.17) is 4.55 Å². The van der Waals surface area contributed by atoms with Gasteiger partial charge < -0.3 is 0 Å². The van der Waals surface area contributed by atoms with Crippen LogP contribution in [0, 0.1) is 30.3 Å². The molecule has 0 radical (unpaired) electrons.